The van der Waals surface area contributed by atoms with Crippen LogP contribution in [0.1, 0.15) is 5.56 Å². The quantitative estimate of drug-likeness (QED) is 0.642. The van der Waals surface area contributed by atoms with E-state index in [2.05, 4.69) is 4.18 Å². The molecule has 20 heavy (non-hydrogen) atoms. The molecule has 0 bridgehead atoms. The molecule has 9 heteroatoms. The topological polar surface area (TPSA) is 65.7 Å². The van der Waals surface area contributed by atoms with Crippen LogP contribution in [-0.4, -0.2) is 21.0 Å². The zero-order chi connectivity index (χ0) is 15.0. The Morgan fingerprint density at radius 1 is 1.30 bits per heavy atom. The van der Waals surface area contributed by atoms with Gasteiger partial charge in [0.25, 0.3) is 0 Å². The first-order valence-corrected chi connectivity index (χ1v) is 6.65. The number of furan rings is 1. The molecule has 0 spiro atoms. The van der Waals surface area contributed by atoms with Crippen LogP contribution in [0.2, 0.25) is 0 Å². The van der Waals surface area contributed by atoms with Gasteiger partial charge in [-0.2, -0.15) is 21.6 Å². The van der Waals surface area contributed by atoms with Crippen molar-refractivity contribution >= 4 is 21.1 Å². The van der Waals surface area contributed by atoms with Crippen molar-refractivity contribution in [2.75, 3.05) is 7.11 Å². The second kappa shape index (κ2) is 4.98. The van der Waals surface area contributed by atoms with Crippen molar-refractivity contribution in [3.8, 4) is 5.75 Å². The third-order valence-corrected chi connectivity index (χ3v) is 3.40. The van der Waals surface area contributed by atoms with Gasteiger partial charge >= 0.3 is 15.6 Å². The number of fused-ring (bicyclic) bond motifs is 1. The minimum Gasteiger partial charge on any atom is -0.464 e. The summed E-state index contributed by atoms with van der Waals surface area (Å²) in [5.74, 6) is -0.489. The first-order valence-electron chi connectivity index (χ1n) is 5.24. The van der Waals surface area contributed by atoms with E-state index in [-0.39, 0.29) is 12.2 Å². The van der Waals surface area contributed by atoms with E-state index < -0.39 is 21.4 Å². The highest BCUT2D eigenvalue weighted by atomic mass is 32.2. The number of ether oxygens (including phenoxy) is 1. The maximum absolute atomic E-state index is 12.3. The molecule has 0 aliphatic carbocycles. The van der Waals surface area contributed by atoms with E-state index >= 15 is 0 Å². The molecule has 0 unspecified atom stereocenters. The zero-order valence-corrected chi connectivity index (χ0v) is 10.9. The molecular formula is C11H9F3O5S. The predicted molar refractivity (Wildman–Crippen MR) is 62.5 cm³/mol. The number of hydrogen-bond acceptors (Lipinski definition) is 5. The van der Waals surface area contributed by atoms with Crippen molar-refractivity contribution in [3.05, 3.63) is 30.0 Å². The molecule has 0 atom stereocenters. The molecule has 0 aliphatic heterocycles. The van der Waals surface area contributed by atoms with Gasteiger partial charge in [-0.05, 0) is 17.7 Å². The lowest BCUT2D eigenvalue weighted by Crippen LogP contribution is -2.28. The van der Waals surface area contributed by atoms with Crippen molar-refractivity contribution < 1.29 is 34.9 Å². The Kier molecular flexibility index (Phi) is 3.65. The van der Waals surface area contributed by atoms with Gasteiger partial charge in [-0.3, -0.25) is 0 Å². The summed E-state index contributed by atoms with van der Waals surface area (Å²) in [4.78, 5) is 0. The van der Waals surface area contributed by atoms with Crippen LogP contribution in [-0.2, 0) is 21.5 Å². The average molecular weight is 310 g/mol. The Hall–Kier alpha value is -1.74. The summed E-state index contributed by atoms with van der Waals surface area (Å²) >= 11 is 0. The summed E-state index contributed by atoms with van der Waals surface area (Å²) in [5.41, 5.74) is -4.84. The lowest BCUT2D eigenvalue weighted by atomic mass is 10.1. The van der Waals surface area contributed by atoms with Gasteiger partial charge < -0.3 is 13.3 Å². The van der Waals surface area contributed by atoms with Crippen LogP contribution in [0.25, 0.3) is 11.0 Å². The summed E-state index contributed by atoms with van der Waals surface area (Å²) in [6, 6.07) is 3.81. The predicted octanol–water partition coefficient (Wildman–Crippen LogP) is 2.81. The number of methoxy groups -OCH3 is 1. The summed E-state index contributed by atoms with van der Waals surface area (Å²) < 4.78 is 72.7. The normalized spacial score (nSPS) is 12.8. The van der Waals surface area contributed by atoms with Gasteiger partial charge in [0.15, 0.2) is 0 Å². The third kappa shape index (κ3) is 2.73. The lowest BCUT2D eigenvalue weighted by molar-refractivity contribution is -0.0500. The number of rotatable bonds is 4. The maximum Gasteiger partial charge on any atom is 0.534 e. The molecule has 0 saturated carbocycles. The fourth-order valence-electron chi connectivity index (χ4n) is 1.62. The van der Waals surface area contributed by atoms with Gasteiger partial charge in [0.05, 0.1) is 12.9 Å². The Bertz CT molecular complexity index is 717. The van der Waals surface area contributed by atoms with Gasteiger partial charge in [0.2, 0.25) is 0 Å². The fourth-order valence-corrected chi connectivity index (χ4v) is 2.06. The van der Waals surface area contributed by atoms with Crippen molar-refractivity contribution in [2.45, 2.75) is 12.1 Å². The maximum atomic E-state index is 12.3. The minimum absolute atomic E-state index is 0.0687. The molecule has 0 amide bonds. The van der Waals surface area contributed by atoms with Crippen LogP contribution in [0.3, 0.4) is 0 Å². The number of benzene rings is 1. The second-order valence-electron chi connectivity index (χ2n) is 3.83. The van der Waals surface area contributed by atoms with Crippen LogP contribution < -0.4 is 4.18 Å². The Balaban J connectivity index is 2.45. The molecular weight excluding hydrogens is 301 g/mol. The standard InChI is InChI=1S/C11H9F3O5S/c1-17-6-7-4-8(5-10-9(7)2-3-18-10)19-20(15,16)11(12,13)14/h2-5H,6H2,1H3. The van der Waals surface area contributed by atoms with Crippen molar-refractivity contribution in [1.29, 1.82) is 0 Å². The third-order valence-electron chi connectivity index (χ3n) is 2.42. The highest BCUT2D eigenvalue weighted by Crippen LogP contribution is 2.31. The van der Waals surface area contributed by atoms with Gasteiger partial charge in [0.1, 0.15) is 11.3 Å². The van der Waals surface area contributed by atoms with Gasteiger partial charge in [-0.15, -0.1) is 0 Å². The van der Waals surface area contributed by atoms with Crippen molar-refractivity contribution in [1.82, 2.24) is 0 Å². The molecule has 110 valence electrons. The second-order valence-corrected chi connectivity index (χ2v) is 5.37. The van der Waals surface area contributed by atoms with E-state index in [1.54, 1.807) is 6.07 Å². The van der Waals surface area contributed by atoms with Gasteiger partial charge in [-0.25, -0.2) is 0 Å². The van der Waals surface area contributed by atoms with E-state index in [0.29, 0.717) is 10.9 Å². The van der Waals surface area contributed by atoms with Crippen LogP contribution in [0, 0.1) is 0 Å². The van der Waals surface area contributed by atoms with Crippen LogP contribution in [0.4, 0.5) is 13.2 Å². The van der Waals surface area contributed by atoms with Crippen LogP contribution in [0.15, 0.2) is 28.9 Å². The monoisotopic (exact) mass is 310 g/mol. The first kappa shape index (κ1) is 14.7. The smallest absolute Gasteiger partial charge is 0.464 e. The van der Waals surface area contributed by atoms with E-state index in [0.717, 1.165) is 12.1 Å². The summed E-state index contributed by atoms with van der Waals surface area (Å²) in [7, 11) is -4.32. The molecule has 1 heterocycles. The lowest BCUT2D eigenvalue weighted by Gasteiger charge is -2.10. The number of halogens is 3. The van der Waals surface area contributed by atoms with E-state index in [9.17, 15) is 21.6 Å². The summed E-state index contributed by atoms with van der Waals surface area (Å²) in [5, 5.41) is 0.601. The van der Waals surface area contributed by atoms with E-state index in [1.807, 2.05) is 0 Å². The largest absolute Gasteiger partial charge is 0.534 e. The molecule has 1 aromatic carbocycles. The van der Waals surface area contributed by atoms with Crippen LogP contribution in [0.5, 0.6) is 5.75 Å². The van der Waals surface area contributed by atoms with Gasteiger partial charge in [0, 0.05) is 18.6 Å². The van der Waals surface area contributed by atoms with Crippen molar-refractivity contribution in [3.63, 3.8) is 0 Å². The fraction of sp³-hybridized carbons (Fsp3) is 0.273. The molecule has 0 aliphatic rings. The molecule has 0 saturated heterocycles. The molecule has 2 aromatic rings. The SMILES string of the molecule is COCc1cc(OS(=O)(=O)C(F)(F)F)cc2occc12. The molecule has 0 radical (unpaired) electrons. The number of hydrogen-bond donors (Lipinski definition) is 0. The van der Waals surface area contributed by atoms with Gasteiger partial charge in [-0.1, -0.05) is 0 Å². The summed E-state index contributed by atoms with van der Waals surface area (Å²) in [6.07, 6.45) is 1.33. The molecule has 5 nitrogen and oxygen atoms in total. The first-order chi connectivity index (χ1) is 9.24. The molecule has 1 aromatic heterocycles. The number of alkyl halides is 3. The Morgan fingerprint density at radius 2 is 2.00 bits per heavy atom. The zero-order valence-electron chi connectivity index (χ0n) is 10.1. The highest BCUT2D eigenvalue weighted by molar-refractivity contribution is 7.88. The minimum atomic E-state index is -5.72. The summed E-state index contributed by atoms with van der Waals surface area (Å²) in [6.45, 7) is 0.0687. The van der Waals surface area contributed by atoms with Crippen LogP contribution >= 0.6 is 0 Å². The molecule has 0 fully saturated rings. The average Bonchev–Trinajstić information content (AvgIpc) is 2.75. The van der Waals surface area contributed by atoms with Crippen molar-refractivity contribution in [2.24, 2.45) is 0 Å². The molecule has 2 rings (SSSR count). The highest BCUT2D eigenvalue weighted by Gasteiger charge is 2.48. The van der Waals surface area contributed by atoms with E-state index in [4.69, 9.17) is 9.15 Å². The molecule has 0 N–H and O–H groups in total. The Morgan fingerprint density at radius 3 is 2.60 bits per heavy atom. The van der Waals surface area contributed by atoms with E-state index in [1.165, 1.54) is 13.4 Å². The Labute approximate surface area is 112 Å².